The van der Waals surface area contributed by atoms with E-state index in [1.54, 1.807) is 79.1 Å². The Hall–Kier alpha value is -6.52. The number of aryl methyl sites for hydroxylation is 1. The lowest BCUT2D eigenvalue weighted by Gasteiger charge is -2.48. The monoisotopic (exact) mass is 1040 g/mol. The van der Waals surface area contributed by atoms with Crippen molar-refractivity contribution in [3.63, 3.8) is 0 Å². The number of methoxy groups -OCH3 is 2. The fourth-order valence-electron chi connectivity index (χ4n) is 11.4. The summed E-state index contributed by atoms with van der Waals surface area (Å²) in [6, 6.07) is 10.3. The van der Waals surface area contributed by atoms with Crippen molar-refractivity contribution < 1.29 is 68.0 Å². The third-order valence-corrected chi connectivity index (χ3v) is 14.5. The Labute approximate surface area is 419 Å². The maximum Gasteiger partial charge on any atom is 0.427 e. The molecule has 14 nitrogen and oxygen atoms in total. The lowest BCUT2D eigenvalue weighted by molar-refractivity contribution is -0.206. The Kier molecular flexibility index (Phi) is 12.9. The molecular weight excluding hydrogens is 992 g/mol. The number of aromatic nitrogens is 4. The third kappa shape index (κ3) is 9.48. The maximum absolute atomic E-state index is 18.1. The van der Waals surface area contributed by atoms with Gasteiger partial charge in [-0.15, -0.1) is 0 Å². The Morgan fingerprint density at radius 3 is 2.00 bits per heavy atom. The highest BCUT2D eigenvalue weighted by atomic mass is 19.4. The second-order valence-electron chi connectivity index (χ2n) is 20.6. The van der Waals surface area contributed by atoms with Gasteiger partial charge in [-0.1, -0.05) is 24.3 Å². The number of alkyl halides is 8. The van der Waals surface area contributed by atoms with E-state index in [0.717, 1.165) is 13.0 Å². The van der Waals surface area contributed by atoms with Crippen LogP contribution in [-0.2, 0) is 24.0 Å². The fraction of sp³-hybridized carbons (Fsp3) is 0.510. The third-order valence-electron chi connectivity index (χ3n) is 14.5. The number of halogens is 9. The quantitative estimate of drug-likeness (QED) is 0.117. The van der Waals surface area contributed by atoms with Crippen LogP contribution in [0.25, 0.3) is 22.2 Å². The highest BCUT2D eigenvalue weighted by Gasteiger charge is 2.61. The Morgan fingerprint density at radius 1 is 0.838 bits per heavy atom. The maximum atomic E-state index is 18.1. The number of nitrogens with zero attached hydrogens (tertiary/aromatic N) is 8. The van der Waals surface area contributed by atoms with E-state index in [1.165, 1.54) is 24.0 Å². The molecular formula is C51H53F9N8O6. The number of hydrogen-bond donors (Lipinski definition) is 0. The standard InChI is InChI=1S/C51H53F9N8O6/c1-26-38(50(55,56)57)34(17-36(61-26)65(20-27-7-12-32(70-5)13-8-27)21-28-9-14-33(71-6)15-10-28)40-39(54)41-37-44(64-46(63-41)72-25-49-18-29(52)22-66(49)23-30(53)19-49)67-24-31-11-16-35(68(31)47(69)74-48(2,3)4)42(67)43(51(58,59)60)73-45(37)62-40/h7-10,12-15,17,29-31,35,42-43H,11,16,18-25H2,1-6H3/t29-,30+,31-,35+,42+,43-,49+/m1/s1. The molecule has 7 atom stereocenters. The van der Waals surface area contributed by atoms with Crippen molar-refractivity contribution in [1.29, 1.82) is 0 Å². The van der Waals surface area contributed by atoms with Crippen molar-refractivity contribution in [3.8, 4) is 34.6 Å². The molecule has 2 aromatic carbocycles. The van der Waals surface area contributed by atoms with Crippen LogP contribution < -0.4 is 28.7 Å². The largest absolute Gasteiger partial charge is 0.497 e. The van der Waals surface area contributed by atoms with Crippen molar-refractivity contribution in [2.75, 3.05) is 50.3 Å². The van der Waals surface area contributed by atoms with Gasteiger partial charge in [0, 0.05) is 51.1 Å². The summed E-state index contributed by atoms with van der Waals surface area (Å²) >= 11 is 0. The van der Waals surface area contributed by atoms with Crippen LogP contribution in [0.5, 0.6) is 23.4 Å². The first-order valence-electron chi connectivity index (χ1n) is 24.1. The molecule has 4 saturated heterocycles. The summed E-state index contributed by atoms with van der Waals surface area (Å²) in [6.07, 6.45) is -16.8. The number of ether oxygens (including phenoxy) is 5. The van der Waals surface area contributed by atoms with E-state index < -0.39 is 124 Å². The lowest BCUT2D eigenvalue weighted by atomic mass is 9.94. The topological polar surface area (TPSA) is 128 Å². The van der Waals surface area contributed by atoms with Gasteiger partial charge in [0.2, 0.25) is 12.0 Å². The van der Waals surface area contributed by atoms with Crippen LogP contribution >= 0.6 is 0 Å². The smallest absolute Gasteiger partial charge is 0.427 e. The SMILES string of the molecule is COc1ccc(CN(Cc2ccc(OC)cc2)c2cc(-c3nc4c5c(nc(OC[C@]67C[C@H](F)CN6C[C@H](F)C7)nc5c3F)N3C[C@H]5CC[C@@H]([C@H]3[C@H](C(F)(F)F)O4)N5C(=O)OC(C)(C)C)c(C(F)(F)F)c(C)n2)cc1. The Bertz CT molecular complexity index is 2880. The van der Waals surface area contributed by atoms with Crippen LogP contribution in [0.1, 0.15) is 68.8 Å². The minimum atomic E-state index is -5.24. The predicted octanol–water partition coefficient (Wildman–Crippen LogP) is 9.96. The number of benzene rings is 2. The molecule has 5 aliphatic heterocycles. The van der Waals surface area contributed by atoms with Gasteiger partial charge < -0.3 is 33.5 Å². The molecule has 5 aliphatic rings. The first-order valence-corrected chi connectivity index (χ1v) is 24.1. The van der Waals surface area contributed by atoms with Crippen LogP contribution in [0.2, 0.25) is 0 Å². The molecule has 1 amide bonds. The lowest BCUT2D eigenvalue weighted by Crippen LogP contribution is -2.68. The van der Waals surface area contributed by atoms with Crippen molar-refractivity contribution in [2.24, 2.45) is 0 Å². The van der Waals surface area contributed by atoms with E-state index in [1.807, 2.05) is 0 Å². The molecule has 2 bridgehead atoms. The molecule has 23 heteroatoms. The number of hydrogen-bond acceptors (Lipinski definition) is 13. The van der Waals surface area contributed by atoms with Crippen molar-refractivity contribution in [3.05, 3.63) is 82.8 Å². The molecule has 0 N–H and O–H groups in total. The number of rotatable bonds is 11. The van der Waals surface area contributed by atoms with Gasteiger partial charge >= 0.3 is 24.5 Å². The highest BCUT2D eigenvalue weighted by Crippen LogP contribution is 2.51. The highest BCUT2D eigenvalue weighted by molar-refractivity contribution is 5.98. The number of pyridine rings is 2. The van der Waals surface area contributed by atoms with Crippen LogP contribution in [0, 0.1) is 12.7 Å². The molecule has 0 radical (unpaired) electrons. The van der Waals surface area contributed by atoms with E-state index in [2.05, 4.69) is 19.9 Å². The average Bonchev–Trinajstić information content (AvgIpc) is 3.89. The van der Waals surface area contributed by atoms with Gasteiger partial charge in [-0.25, -0.2) is 27.9 Å². The summed E-state index contributed by atoms with van der Waals surface area (Å²) in [7, 11) is 2.98. The molecule has 74 heavy (non-hydrogen) atoms. The Morgan fingerprint density at radius 2 is 1.45 bits per heavy atom. The normalized spacial score (nSPS) is 24.6. The number of amides is 1. The van der Waals surface area contributed by atoms with Gasteiger partial charge in [0.1, 0.15) is 64.3 Å². The van der Waals surface area contributed by atoms with E-state index in [4.69, 9.17) is 23.7 Å². The zero-order chi connectivity index (χ0) is 52.8. The van der Waals surface area contributed by atoms with Gasteiger partial charge in [-0.2, -0.15) is 36.3 Å². The van der Waals surface area contributed by atoms with E-state index in [0.29, 0.717) is 22.6 Å². The van der Waals surface area contributed by atoms with Crippen molar-refractivity contribution in [2.45, 2.75) is 127 Å². The first-order chi connectivity index (χ1) is 34.9. The van der Waals surface area contributed by atoms with Crippen LogP contribution in [0.4, 0.5) is 55.9 Å². The number of piperazine rings is 1. The van der Waals surface area contributed by atoms with Gasteiger partial charge in [-0.3, -0.25) is 9.80 Å². The zero-order valence-corrected chi connectivity index (χ0v) is 41.2. The second kappa shape index (κ2) is 18.7. The number of carbonyl (C=O) groups is 1. The molecule has 0 spiro atoms. The van der Waals surface area contributed by atoms with E-state index in [-0.39, 0.29) is 70.0 Å². The molecule has 5 aromatic rings. The zero-order valence-electron chi connectivity index (χ0n) is 41.2. The first kappa shape index (κ1) is 51.0. The van der Waals surface area contributed by atoms with Crippen LogP contribution in [-0.4, -0.2) is 130 Å². The summed E-state index contributed by atoms with van der Waals surface area (Å²) in [5.41, 5.74) is -5.69. The van der Waals surface area contributed by atoms with Gasteiger partial charge in [0.15, 0.2) is 5.82 Å². The summed E-state index contributed by atoms with van der Waals surface area (Å²) in [5, 5.41) is -0.505. The number of carbonyl (C=O) groups excluding carboxylic acids is 1. The molecule has 0 aliphatic carbocycles. The summed E-state index contributed by atoms with van der Waals surface area (Å²) < 4.78 is 170. The summed E-state index contributed by atoms with van der Waals surface area (Å²) in [5.74, 6) is -1.80. The minimum absolute atomic E-state index is 0.0464. The second-order valence-corrected chi connectivity index (χ2v) is 20.6. The summed E-state index contributed by atoms with van der Waals surface area (Å²) in [6.45, 7) is 5.10. The average molecular weight is 1050 g/mol. The molecule has 10 rings (SSSR count). The molecule has 396 valence electrons. The molecule has 0 saturated carbocycles. The van der Waals surface area contributed by atoms with Gasteiger partial charge in [-0.05, 0) is 82.0 Å². The molecule has 0 unspecified atom stereocenters. The van der Waals surface area contributed by atoms with Crippen molar-refractivity contribution >= 4 is 28.6 Å². The summed E-state index contributed by atoms with van der Waals surface area (Å²) in [4.78, 5) is 37.1. The molecule has 4 fully saturated rings. The fourth-order valence-corrected chi connectivity index (χ4v) is 11.4. The van der Waals surface area contributed by atoms with Crippen LogP contribution in [0.3, 0.4) is 0 Å². The number of fused-ring (bicyclic) bond motifs is 6. The molecule has 3 aromatic heterocycles. The Balaban J connectivity index is 1.17. The van der Waals surface area contributed by atoms with Gasteiger partial charge in [0.25, 0.3) is 0 Å². The minimum Gasteiger partial charge on any atom is -0.497 e. The van der Waals surface area contributed by atoms with Crippen molar-refractivity contribution in [1.82, 2.24) is 29.7 Å². The molecule has 8 heterocycles. The van der Waals surface area contributed by atoms with E-state index >= 15 is 30.7 Å². The van der Waals surface area contributed by atoms with Crippen LogP contribution in [0.15, 0.2) is 54.6 Å². The van der Waals surface area contributed by atoms with Gasteiger partial charge in [0.05, 0.1) is 49.1 Å². The number of anilines is 2. The van der Waals surface area contributed by atoms with E-state index in [9.17, 15) is 13.6 Å². The predicted molar refractivity (Wildman–Crippen MR) is 251 cm³/mol.